The van der Waals surface area contributed by atoms with Crippen LogP contribution < -0.4 is 5.73 Å². The topological polar surface area (TPSA) is 30.9 Å². The van der Waals surface area contributed by atoms with Gasteiger partial charge in [-0.3, -0.25) is 0 Å². The average molecular weight is 186 g/mol. The molecule has 0 spiro atoms. The minimum atomic E-state index is 0.418. The summed E-state index contributed by atoms with van der Waals surface area (Å²) in [4.78, 5) is 0. The maximum Gasteiger partial charge on any atom is 0.0482 e. The number of nitrogens with two attached hydrogens (primary N) is 1. The summed E-state index contributed by atoms with van der Waals surface area (Å²) in [7, 11) is 0. The maximum absolute atomic E-state index is 5.81. The number of fused-ring (bicyclic) bond motifs is 1. The molecule has 0 saturated heterocycles. The Balaban J connectivity index is 2.05. The van der Waals surface area contributed by atoms with Crippen molar-refractivity contribution < 1.29 is 0 Å². The van der Waals surface area contributed by atoms with Crippen LogP contribution in [0, 0.1) is 0 Å². The highest BCUT2D eigenvalue weighted by atomic mass is 15.0. The molecule has 1 saturated carbocycles. The fourth-order valence-electron chi connectivity index (χ4n) is 2.28. The molecule has 1 aliphatic rings. The number of benzene rings is 1. The number of aromatic nitrogens is 1. The lowest BCUT2D eigenvalue weighted by Gasteiger charge is -2.34. The highest BCUT2D eigenvalue weighted by Gasteiger charge is 2.27. The lowest BCUT2D eigenvalue weighted by Crippen LogP contribution is -2.37. The van der Waals surface area contributed by atoms with E-state index >= 15 is 0 Å². The van der Waals surface area contributed by atoms with Gasteiger partial charge in [-0.2, -0.15) is 0 Å². The predicted molar refractivity (Wildman–Crippen MR) is 58.2 cm³/mol. The third-order valence-corrected chi connectivity index (χ3v) is 3.17. The van der Waals surface area contributed by atoms with Crippen molar-refractivity contribution in [1.29, 1.82) is 0 Å². The van der Waals surface area contributed by atoms with Crippen LogP contribution in [0.25, 0.3) is 10.9 Å². The van der Waals surface area contributed by atoms with Crippen LogP contribution in [-0.4, -0.2) is 10.6 Å². The molecule has 0 amide bonds. The van der Waals surface area contributed by atoms with Crippen LogP contribution in [0.4, 0.5) is 0 Å². The molecule has 1 aliphatic carbocycles. The Morgan fingerprint density at radius 3 is 2.71 bits per heavy atom. The Kier molecular flexibility index (Phi) is 1.64. The Morgan fingerprint density at radius 2 is 1.93 bits per heavy atom. The van der Waals surface area contributed by atoms with E-state index in [1.54, 1.807) is 0 Å². The second-order valence-corrected chi connectivity index (χ2v) is 4.17. The summed E-state index contributed by atoms with van der Waals surface area (Å²) < 4.78 is 2.36. The van der Waals surface area contributed by atoms with Gasteiger partial charge >= 0.3 is 0 Å². The standard InChI is InChI=1S/C12H14N2/c13-10-7-11(8-10)14-6-5-9-3-1-2-4-12(9)14/h1-6,10-11H,7-8,13H2/t10-,11-. The average Bonchev–Trinajstić information content (AvgIpc) is 2.56. The van der Waals surface area contributed by atoms with Crippen molar-refractivity contribution in [2.24, 2.45) is 5.73 Å². The van der Waals surface area contributed by atoms with E-state index in [1.807, 2.05) is 0 Å². The van der Waals surface area contributed by atoms with Crippen molar-refractivity contribution in [3.05, 3.63) is 36.5 Å². The minimum Gasteiger partial charge on any atom is -0.344 e. The number of hydrogen-bond donors (Lipinski definition) is 1. The number of rotatable bonds is 1. The highest BCUT2D eigenvalue weighted by Crippen LogP contribution is 2.33. The molecule has 1 heterocycles. The van der Waals surface area contributed by atoms with Crippen LogP contribution >= 0.6 is 0 Å². The molecule has 0 bridgehead atoms. The zero-order valence-corrected chi connectivity index (χ0v) is 8.06. The molecule has 72 valence electrons. The molecular weight excluding hydrogens is 172 g/mol. The summed E-state index contributed by atoms with van der Waals surface area (Å²) in [5.41, 5.74) is 7.14. The third-order valence-electron chi connectivity index (χ3n) is 3.17. The van der Waals surface area contributed by atoms with Gasteiger partial charge in [-0.15, -0.1) is 0 Å². The first-order valence-corrected chi connectivity index (χ1v) is 5.16. The first-order valence-electron chi connectivity index (χ1n) is 5.16. The molecule has 0 atom stereocenters. The van der Waals surface area contributed by atoms with Crippen LogP contribution in [0.2, 0.25) is 0 Å². The largest absolute Gasteiger partial charge is 0.344 e. The van der Waals surface area contributed by atoms with Gasteiger partial charge in [-0.05, 0) is 30.4 Å². The summed E-state index contributed by atoms with van der Waals surface area (Å²) in [6.45, 7) is 0. The highest BCUT2D eigenvalue weighted by molar-refractivity contribution is 5.80. The van der Waals surface area contributed by atoms with Crippen LogP contribution in [0.15, 0.2) is 36.5 Å². The van der Waals surface area contributed by atoms with Crippen molar-refractivity contribution >= 4 is 10.9 Å². The second kappa shape index (κ2) is 2.85. The second-order valence-electron chi connectivity index (χ2n) is 4.17. The first-order chi connectivity index (χ1) is 6.84. The molecular formula is C12H14N2. The van der Waals surface area contributed by atoms with Crippen molar-refractivity contribution in [2.75, 3.05) is 0 Å². The zero-order valence-electron chi connectivity index (χ0n) is 8.06. The summed E-state index contributed by atoms with van der Waals surface area (Å²) in [6, 6.07) is 11.7. The minimum absolute atomic E-state index is 0.418. The summed E-state index contributed by atoms with van der Waals surface area (Å²) in [5, 5.41) is 1.33. The van der Waals surface area contributed by atoms with Gasteiger partial charge in [-0.1, -0.05) is 18.2 Å². The molecule has 2 N–H and O–H groups in total. The predicted octanol–water partition coefficient (Wildman–Crippen LogP) is 2.30. The number of hydrogen-bond acceptors (Lipinski definition) is 1. The Bertz CT molecular complexity index is 452. The van der Waals surface area contributed by atoms with Crippen molar-refractivity contribution in [1.82, 2.24) is 4.57 Å². The van der Waals surface area contributed by atoms with Gasteiger partial charge < -0.3 is 10.3 Å². The van der Waals surface area contributed by atoms with Crippen molar-refractivity contribution in [3.8, 4) is 0 Å². The van der Waals surface area contributed by atoms with Crippen molar-refractivity contribution in [2.45, 2.75) is 24.9 Å². The maximum atomic E-state index is 5.81. The molecule has 3 rings (SSSR count). The first kappa shape index (κ1) is 8.06. The van der Waals surface area contributed by atoms with Crippen molar-refractivity contribution in [3.63, 3.8) is 0 Å². The van der Waals surface area contributed by atoms with E-state index in [0.29, 0.717) is 12.1 Å². The van der Waals surface area contributed by atoms with E-state index in [2.05, 4.69) is 41.1 Å². The molecule has 2 nitrogen and oxygen atoms in total. The summed E-state index contributed by atoms with van der Waals surface area (Å²) >= 11 is 0. The van der Waals surface area contributed by atoms with Crippen LogP contribution in [-0.2, 0) is 0 Å². The van der Waals surface area contributed by atoms with Gasteiger partial charge in [0.25, 0.3) is 0 Å². The quantitative estimate of drug-likeness (QED) is 0.728. The Labute approximate surface area is 83.3 Å². The monoisotopic (exact) mass is 186 g/mol. The molecule has 1 aromatic carbocycles. The van der Waals surface area contributed by atoms with E-state index in [1.165, 1.54) is 10.9 Å². The van der Waals surface area contributed by atoms with Gasteiger partial charge in [0.05, 0.1) is 0 Å². The molecule has 1 fully saturated rings. The van der Waals surface area contributed by atoms with Gasteiger partial charge in [0, 0.05) is 23.8 Å². The molecule has 0 unspecified atom stereocenters. The third kappa shape index (κ3) is 1.07. The Hall–Kier alpha value is -1.28. The molecule has 0 radical (unpaired) electrons. The fourth-order valence-corrected chi connectivity index (χ4v) is 2.28. The number of nitrogens with zero attached hydrogens (tertiary/aromatic N) is 1. The zero-order chi connectivity index (χ0) is 9.54. The normalized spacial score (nSPS) is 26.4. The van der Waals surface area contributed by atoms with E-state index in [9.17, 15) is 0 Å². The number of para-hydroxylation sites is 1. The van der Waals surface area contributed by atoms with Crippen LogP contribution in [0.5, 0.6) is 0 Å². The van der Waals surface area contributed by atoms with Gasteiger partial charge in [-0.25, -0.2) is 0 Å². The summed E-state index contributed by atoms with van der Waals surface area (Å²) in [5.74, 6) is 0. The molecule has 1 aromatic heterocycles. The molecule has 0 aliphatic heterocycles. The van der Waals surface area contributed by atoms with Crippen LogP contribution in [0.3, 0.4) is 0 Å². The summed E-state index contributed by atoms with van der Waals surface area (Å²) in [6.07, 6.45) is 4.43. The van der Waals surface area contributed by atoms with Gasteiger partial charge in [0.15, 0.2) is 0 Å². The van der Waals surface area contributed by atoms with E-state index in [-0.39, 0.29) is 0 Å². The molecule has 2 heteroatoms. The van der Waals surface area contributed by atoms with E-state index in [4.69, 9.17) is 5.73 Å². The van der Waals surface area contributed by atoms with E-state index in [0.717, 1.165) is 12.8 Å². The Morgan fingerprint density at radius 1 is 1.14 bits per heavy atom. The van der Waals surface area contributed by atoms with Gasteiger partial charge in [0.2, 0.25) is 0 Å². The lowest BCUT2D eigenvalue weighted by atomic mass is 9.87. The van der Waals surface area contributed by atoms with E-state index < -0.39 is 0 Å². The van der Waals surface area contributed by atoms with Gasteiger partial charge in [0.1, 0.15) is 0 Å². The smallest absolute Gasteiger partial charge is 0.0482 e. The SMILES string of the molecule is N[C@H]1C[C@H](n2ccc3ccccc32)C1. The molecule has 14 heavy (non-hydrogen) atoms. The van der Waals surface area contributed by atoms with Crippen LogP contribution in [0.1, 0.15) is 18.9 Å². The molecule has 2 aromatic rings. The fraction of sp³-hybridized carbons (Fsp3) is 0.333. The lowest BCUT2D eigenvalue weighted by molar-refractivity contribution is 0.273.